The topological polar surface area (TPSA) is 80.5 Å². The molecule has 1 amide bonds. The molecule has 1 aliphatic heterocycles. The zero-order valence-corrected chi connectivity index (χ0v) is 18.0. The number of benzene rings is 2. The lowest BCUT2D eigenvalue weighted by atomic mass is 9.96. The Kier molecular flexibility index (Phi) is 6.50. The quantitative estimate of drug-likeness (QED) is 0.623. The molecule has 162 valence electrons. The molecule has 0 spiro atoms. The van der Waals surface area contributed by atoms with E-state index in [0.29, 0.717) is 38.1 Å². The predicted octanol–water partition coefficient (Wildman–Crippen LogP) is 3.98. The first-order valence-electron chi connectivity index (χ1n) is 10.8. The summed E-state index contributed by atoms with van der Waals surface area (Å²) in [5.74, 6) is 1.43. The lowest BCUT2D eigenvalue weighted by Gasteiger charge is -2.29. The van der Waals surface area contributed by atoms with Gasteiger partial charge in [0.2, 0.25) is 11.8 Å². The van der Waals surface area contributed by atoms with Crippen LogP contribution in [0, 0.1) is 12.8 Å². The Balaban J connectivity index is 1.28. The fourth-order valence-electron chi connectivity index (χ4n) is 3.73. The number of amides is 1. The molecule has 1 saturated heterocycles. The maximum Gasteiger partial charge on any atom is 0.318 e. The lowest BCUT2D eigenvalue weighted by molar-refractivity contribution is -0.125. The van der Waals surface area contributed by atoms with Gasteiger partial charge in [0.1, 0.15) is 5.75 Å². The third-order valence-corrected chi connectivity index (χ3v) is 5.53. The summed E-state index contributed by atoms with van der Waals surface area (Å²) in [6.45, 7) is 6.56. The van der Waals surface area contributed by atoms with Crippen molar-refractivity contribution < 1.29 is 13.9 Å². The first kappa shape index (κ1) is 20.9. The Morgan fingerprint density at radius 3 is 2.68 bits per heavy atom. The van der Waals surface area contributed by atoms with Crippen molar-refractivity contribution in [1.82, 2.24) is 15.5 Å². The number of hydrogen-bond donors (Lipinski definition) is 1. The van der Waals surface area contributed by atoms with E-state index < -0.39 is 0 Å². The van der Waals surface area contributed by atoms with E-state index in [0.717, 1.165) is 29.7 Å². The Labute approximate surface area is 182 Å². The van der Waals surface area contributed by atoms with E-state index in [2.05, 4.69) is 20.4 Å². The standard InChI is InChI=1S/C24H28N4O3/c1-3-30-21-6-4-5-18(15-21)16-25-22(29)19-11-13-28(14-12-19)24-27-26-23(31-24)20-9-7-17(2)8-10-20/h4-10,15,19H,3,11-14,16H2,1-2H3,(H,25,29). The normalized spacial score (nSPS) is 14.5. The number of aromatic nitrogens is 2. The first-order chi connectivity index (χ1) is 15.1. The average Bonchev–Trinajstić information content (AvgIpc) is 3.29. The van der Waals surface area contributed by atoms with Crippen LogP contribution in [0.25, 0.3) is 11.5 Å². The average molecular weight is 421 g/mol. The van der Waals surface area contributed by atoms with Crippen LogP contribution in [0.2, 0.25) is 0 Å². The van der Waals surface area contributed by atoms with Crippen LogP contribution in [0.4, 0.5) is 6.01 Å². The molecule has 2 heterocycles. The van der Waals surface area contributed by atoms with Gasteiger partial charge in [0.25, 0.3) is 0 Å². The number of nitrogens with zero attached hydrogens (tertiary/aromatic N) is 3. The molecule has 1 aliphatic rings. The van der Waals surface area contributed by atoms with Crippen LogP contribution in [0.5, 0.6) is 5.75 Å². The monoisotopic (exact) mass is 420 g/mol. The second-order valence-electron chi connectivity index (χ2n) is 7.82. The second-order valence-corrected chi connectivity index (χ2v) is 7.82. The van der Waals surface area contributed by atoms with Gasteiger partial charge in [-0.1, -0.05) is 34.9 Å². The molecule has 1 aromatic heterocycles. The van der Waals surface area contributed by atoms with Crippen molar-refractivity contribution in [3.8, 4) is 17.2 Å². The zero-order valence-electron chi connectivity index (χ0n) is 18.0. The number of carbonyl (C=O) groups excluding carboxylic acids is 1. The van der Waals surface area contributed by atoms with Crippen molar-refractivity contribution >= 4 is 11.9 Å². The highest BCUT2D eigenvalue weighted by molar-refractivity contribution is 5.79. The van der Waals surface area contributed by atoms with Crippen LogP contribution in [0.1, 0.15) is 30.9 Å². The van der Waals surface area contributed by atoms with E-state index in [9.17, 15) is 4.79 Å². The van der Waals surface area contributed by atoms with E-state index in [1.165, 1.54) is 5.56 Å². The number of ether oxygens (including phenoxy) is 1. The summed E-state index contributed by atoms with van der Waals surface area (Å²) in [5, 5.41) is 11.4. The molecule has 0 unspecified atom stereocenters. The van der Waals surface area contributed by atoms with Gasteiger partial charge in [-0.15, -0.1) is 5.10 Å². The minimum atomic E-state index is -0.00850. The van der Waals surface area contributed by atoms with E-state index >= 15 is 0 Å². The van der Waals surface area contributed by atoms with E-state index in [1.54, 1.807) is 0 Å². The van der Waals surface area contributed by atoms with Crippen LogP contribution in [0.15, 0.2) is 52.9 Å². The summed E-state index contributed by atoms with van der Waals surface area (Å²) in [7, 11) is 0. The Hall–Kier alpha value is -3.35. The molecule has 0 bridgehead atoms. The minimum absolute atomic E-state index is 0.00850. The van der Waals surface area contributed by atoms with Gasteiger partial charge in [-0.05, 0) is 56.5 Å². The van der Waals surface area contributed by atoms with Crippen LogP contribution in [0.3, 0.4) is 0 Å². The van der Waals surface area contributed by atoms with Gasteiger partial charge in [0.05, 0.1) is 6.61 Å². The summed E-state index contributed by atoms with van der Waals surface area (Å²) in [6, 6.07) is 16.3. The minimum Gasteiger partial charge on any atom is -0.494 e. The second kappa shape index (κ2) is 9.64. The van der Waals surface area contributed by atoms with Crippen molar-refractivity contribution in [3.05, 3.63) is 59.7 Å². The fourth-order valence-corrected chi connectivity index (χ4v) is 3.73. The summed E-state index contributed by atoms with van der Waals surface area (Å²) < 4.78 is 11.4. The molecule has 4 rings (SSSR count). The molecule has 0 atom stereocenters. The van der Waals surface area contributed by atoms with Crippen molar-refractivity contribution in [1.29, 1.82) is 0 Å². The Bertz CT molecular complexity index is 1010. The zero-order chi connectivity index (χ0) is 21.6. The van der Waals surface area contributed by atoms with Crippen molar-refractivity contribution in [3.63, 3.8) is 0 Å². The maximum atomic E-state index is 12.6. The van der Waals surface area contributed by atoms with Crippen LogP contribution in [-0.4, -0.2) is 35.8 Å². The van der Waals surface area contributed by atoms with Gasteiger partial charge in [-0.25, -0.2) is 0 Å². The Morgan fingerprint density at radius 1 is 1.16 bits per heavy atom. The molecule has 31 heavy (non-hydrogen) atoms. The number of carbonyl (C=O) groups is 1. The molecule has 3 aromatic rings. The van der Waals surface area contributed by atoms with Crippen LogP contribution in [-0.2, 0) is 11.3 Å². The third-order valence-electron chi connectivity index (χ3n) is 5.53. The molecular weight excluding hydrogens is 392 g/mol. The maximum absolute atomic E-state index is 12.6. The molecule has 1 N–H and O–H groups in total. The number of hydrogen-bond acceptors (Lipinski definition) is 6. The molecule has 0 aliphatic carbocycles. The highest BCUT2D eigenvalue weighted by Crippen LogP contribution is 2.26. The van der Waals surface area contributed by atoms with Gasteiger partial charge in [-0.3, -0.25) is 4.79 Å². The van der Waals surface area contributed by atoms with E-state index in [-0.39, 0.29) is 11.8 Å². The molecule has 1 fully saturated rings. The highest BCUT2D eigenvalue weighted by Gasteiger charge is 2.27. The lowest BCUT2D eigenvalue weighted by Crippen LogP contribution is -2.40. The highest BCUT2D eigenvalue weighted by atomic mass is 16.5. The van der Waals surface area contributed by atoms with Gasteiger partial charge in [-0.2, -0.15) is 0 Å². The SMILES string of the molecule is CCOc1cccc(CNC(=O)C2CCN(c3nnc(-c4ccc(C)cc4)o3)CC2)c1. The number of nitrogens with one attached hydrogen (secondary N) is 1. The first-order valence-corrected chi connectivity index (χ1v) is 10.8. The number of anilines is 1. The smallest absolute Gasteiger partial charge is 0.318 e. The predicted molar refractivity (Wildman–Crippen MR) is 119 cm³/mol. The molecule has 2 aromatic carbocycles. The van der Waals surface area contributed by atoms with Gasteiger partial charge in [0.15, 0.2) is 0 Å². The third kappa shape index (κ3) is 5.23. The molecule has 7 nitrogen and oxygen atoms in total. The van der Waals surface area contributed by atoms with Gasteiger partial charge < -0.3 is 19.4 Å². The van der Waals surface area contributed by atoms with Gasteiger partial charge >= 0.3 is 6.01 Å². The molecular formula is C24H28N4O3. The van der Waals surface area contributed by atoms with Crippen LogP contribution >= 0.6 is 0 Å². The van der Waals surface area contributed by atoms with Crippen LogP contribution < -0.4 is 15.0 Å². The summed E-state index contributed by atoms with van der Waals surface area (Å²) in [6.07, 6.45) is 1.51. The van der Waals surface area contributed by atoms with Crippen molar-refractivity contribution in [2.24, 2.45) is 5.92 Å². The van der Waals surface area contributed by atoms with E-state index in [4.69, 9.17) is 9.15 Å². The summed E-state index contributed by atoms with van der Waals surface area (Å²) in [5.41, 5.74) is 3.13. The van der Waals surface area contributed by atoms with Gasteiger partial charge in [0, 0.05) is 31.1 Å². The number of rotatable bonds is 7. The number of aryl methyl sites for hydroxylation is 1. The van der Waals surface area contributed by atoms with Crippen molar-refractivity contribution in [2.75, 3.05) is 24.6 Å². The molecule has 0 saturated carbocycles. The molecule has 7 heteroatoms. The number of piperidine rings is 1. The van der Waals surface area contributed by atoms with Crippen molar-refractivity contribution in [2.45, 2.75) is 33.2 Å². The largest absolute Gasteiger partial charge is 0.494 e. The molecule has 0 radical (unpaired) electrons. The van der Waals surface area contributed by atoms with E-state index in [1.807, 2.05) is 62.4 Å². The summed E-state index contributed by atoms with van der Waals surface area (Å²) in [4.78, 5) is 14.7. The fraction of sp³-hybridized carbons (Fsp3) is 0.375. The Morgan fingerprint density at radius 2 is 1.94 bits per heavy atom. The summed E-state index contributed by atoms with van der Waals surface area (Å²) >= 11 is 0.